The highest BCUT2D eigenvalue weighted by Gasteiger charge is 2.27. The van der Waals surface area contributed by atoms with Gasteiger partial charge < -0.3 is 24.8 Å². The first-order valence-corrected chi connectivity index (χ1v) is 7.69. The third-order valence-electron chi connectivity index (χ3n) is 3.16. The van der Waals surface area contributed by atoms with Gasteiger partial charge in [0.25, 0.3) is 0 Å². The van der Waals surface area contributed by atoms with Crippen molar-refractivity contribution in [3.8, 4) is 11.5 Å². The van der Waals surface area contributed by atoms with E-state index in [1.54, 1.807) is 21.3 Å². The van der Waals surface area contributed by atoms with E-state index in [0.717, 1.165) is 5.56 Å². The van der Waals surface area contributed by atoms with Crippen molar-refractivity contribution in [1.29, 1.82) is 0 Å². The van der Waals surface area contributed by atoms with E-state index in [0.29, 0.717) is 37.0 Å². The zero-order valence-corrected chi connectivity index (χ0v) is 14.6. The third kappa shape index (κ3) is 8.48. The number of rotatable bonds is 9. The second-order valence-corrected chi connectivity index (χ2v) is 5.06. The molecule has 0 aliphatic heterocycles. The number of nitrogens with zero attached hydrogens (tertiary/aromatic N) is 1. The first kappa shape index (κ1) is 20.9. The van der Waals surface area contributed by atoms with Gasteiger partial charge in [-0.15, -0.1) is 0 Å². The lowest BCUT2D eigenvalue weighted by atomic mass is 10.2. The molecule has 0 unspecified atom stereocenters. The molecule has 0 heterocycles. The van der Waals surface area contributed by atoms with Crippen molar-refractivity contribution in [3.05, 3.63) is 23.8 Å². The molecule has 0 saturated heterocycles. The molecule has 1 aromatic rings. The van der Waals surface area contributed by atoms with Gasteiger partial charge in [0.05, 0.1) is 14.2 Å². The molecule has 0 aliphatic carbocycles. The Labute approximate surface area is 145 Å². The number of nitrogens with one attached hydrogen (secondary N) is 2. The summed E-state index contributed by atoms with van der Waals surface area (Å²) in [7, 11) is 4.75. The summed E-state index contributed by atoms with van der Waals surface area (Å²) in [5.41, 5.74) is 0.967. The van der Waals surface area contributed by atoms with Crippen molar-refractivity contribution in [1.82, 2.24) is 10.6 Å². The quantitative estimate of drug-likeness (QED) is 0.401. The van der Waals surface area contributed by atoms with Crippen LogP contribution in [0.15, 0.2) is 23.2 Å². The van der Waals surface area contributed by atoms with Crippen molar-refractivity contribution in [3.63, 3.8) is 0 Å². The first-order valence-electron chi connectivity index (χ1n) is 7.69. The van der Waals surface area contributed by atoms with Gasteiger partial charge in [-0.3, -0.25) is 4.99 Å². The number of benzene rings is 1. The van der Waals surface area contributed by atoms with E-state index in [-0.39, 0.29) is 6.61 Å². The van der Waals surface area contributed by atoms with Crippen molar-refractivity contribution in [2.75, 3.05) is 41.0 Å². The molecule has 0 aromatic heterocycles. The molecule has 1 rings (SSSR count). The van der Waals surface area contributed by atoms with E-state index in [4.69, 9.17) is 9.47 Å². The molecular weight excluding hydrogens is 339 g/mol. The van der Waals surface area contributed by atoms with E-state index in [1.165, 1.54) is 0 Å². The lowest BCUT2D eigenvalue weighted by Crippen LogP contribution is -2.37. The molecule has 25 heavy (non-hydrogen) atoms. The van der Waals surface area contributed by atoms with Gasteiger partial charge in [0.1, 0.15) is 6.61 Å². The van der Waals surface area contributed by atoms with Gasteiger partial charge in [0.2, 0.25) is 0 Å². The van der Waals surface area contributed by atoms with Crippen LogP contribution in [-0.4, -0.2) is 53.2 Å². The van der Waals surface area contributed by atoms with E-state index >= 15 is 0 Å². The van der Waals surface area contributed by atoms with Crippen LogP contribution in [0, 0.1) is 0 Å². The Morgan fingerprint density at radius 1 is 1.12 bits per heavy atom. The van der Waals surface area contributed by atoms with Gasteiger partial charge >= 0.3 is 6.18 Å². The van der Waals surface area contributed by atoms with Crippen LogP contribution in [0.25, 0.3) is 0 Å². The Kier molecular flexibility index (Phi) is 8.90. The van der Waals surface area contributed by atoms with E-state index in [2.05, 4.69) is 20.4 Å². The number of hydrogen-bond donors (Lipinski definition) is 2. The fourth-order valence-corrected chi connectivity index (χ4v) is 1.97. The lowest BCUT2D eigenvalue weighted by molar-refractivity contribution is -0.173. The summed E-state index contributed by atoms with van der Waals surface area (Å²) in [5, 5.41) is 6.12. The summed E-state index contributed by atoms with van der Waals surface area (Å²) in [5.74, 6) is 1.82. The maximum atomic E-state index is 11.9. The Morgan fingerprint density at radius 2 is 1.84 bits per heavy atom. The SMILES string of the molecule is CN=C(NCCCOCC(F)(F)F)NCc1ccc(OC)c(OC)c1. The molecule has 0 radical (unpaired) electrons. The van der Waals surface area contributed by atoms with Crippen LogP contribution in [-0.2, 0) is 11.3 Å². The van der Waals surface area contributed by atoms with Crippen LogP contribution in [0.4, 0.5) is 13.2 Å². The standard InChI is InChI=1S/C16H24F3N3O3/c1-20-15(21-7-4-8-25-11-16(17,18)19)22-10-12-5-6-13(23-2)14(9-12)24-3/h5-6,9H,4,7-8,10-11H2,1-3H3,(H2,20,21,22). The number of halogens is 3. The van der Waals surface area contributed by atoms with Crippen molar-refractivity contribution < 1.29 is 27.4 Å². The number of methoxy groups -OCH3 is 2. The molecule has 0 bridgehead atoms. The molecule has 0 atom stereocenters. The summed E-state index contributed by atoms with van der Waals surface area (Å²) in [6, 6.07) is 5.56. The van der Waals surface area contributed by atoms with Gasteiger partial charge in [0, 0.05) is 26.7 Å². The molecule has 6 nitrogen and oxygen atoms in total. The van der Waals surface area contributed by atoms with Crippen molar-refractivity contribution >= 4 is 5.96 Å². The number of alkyl halides is 3. The van der Waals surface area contributed by atoms with Crippen molar-refractivity contribution in [2.24, 2.45) is 4.99 Å². The average Bonchev–Trinajstić information content (AvgIpc) is 2.59. The highest BCUT2D eigenvalue weighted by molar-refractivity contribution is 5.79. The Balaban J connectivity index is 2.33. The molecular formula is C16H24F3N3O3. The zero-order chi connectivity index (χ0) is 18.7. The summed E-state index contributed by atoms with van der Waals surface area (Å²) < 4.78 is 50.7. The highest BCUT2D eigenvalue weighted by Crippen LogP contribution is 2.27. The van der Waals surface area contributed by atoms with Gasteiger partial charge in [-0.25, -0.2) is 0 Å². The zero-order valence-electron chi connectivity index (χ0n) is 14.6. The summed E-state index contributed by atoms with van der Waals surface area (Å²) in [6.45, 7) is -0.244. The maximum absolute atomic E-state index is 11.9. The minimum absolute atomic E-state index is 0.0270. The van der Waals surface area contributed by atoms with Crippen LogP contribution in [0.5, 0.6) is 11.5 Å². The van der Waals surface area contributed by atoms with Crippen LogP contribution in [0.2, 0.25) is 0 Å². The third-order valence-corrected chi connectivity index (χ3v) is 3.16. The highest BCUT2D eigenvalue weighted by atomic mass is 19.4. The van der Waals surface area contributed by atoms with E-state index in [1.807, 2.05) is 18.2 Å². The molecule has 0 saturated carbocycles. The summed E-state index contributed by atoms with van der Waals surface area (Å²) in [4.78, 5) is 4.05. The van der Waals surface area contributed by atoms with Crippen LogP contribution in [0.1, 0.15) is 12.0 Å². The van der Waals surface area contributed by atoms with Gasteiger partial charge in [-0.1, -0.05) is 6.07 Å². The van der Waals surface area contributed by atoms with Gasteiger partial charge in [-0.05, 0) is 24.1 Å². The second-order valence-electron chi connectivity index (χ2n) is 5.06. The monoisotopic (exact) mass is 363 g/mol. The molecule has 142 valence electrons. The normalized spacial score (nSPS) is 12.0. The fraction of sp³-hybridized carbons (Fsp3) is 0.562. The lowest BCUT2D eigenvalue weighted by Gasteiger charge is -2.14. The number of aliphatic imine (C=N–C) groups is 1. The van der Waals surface area contributed by atoms with Gasteiger partial charge in [-0.2, -0.15) is 13.2 Å². The minimum atomic E-state index is -4.29. The molecule has 0 amide bonds. The van der Waals surface area contributed by atoms with Crippen molar-refractivity contribution in [2.45, 2.75) is 19.1 Å². The molecule has 9 heteroatoms. The predicted octanol–water partition coefficient (Wildman–Crippen LogP) is 2.34. The summed E-state index contributed by atoms with van der Waals surface area (Å²) >= 11 is 0. The molecule has 0 aliphatic rings. The minimum Gasteiger partial charge on any atom is -0.493 e. The Morgan fingerprint density at radius 3 is 2.44 bits per heavy atom. The molecule has 1 aromatic carbocycles. The Hall–Kier alpha value is -2.16. The van der Waals surface area contributed by atoms with E-state index in [9.17, 15) is 13.2 Å². The first-order chi connectivity index (χ1) is 11.9. The Bertz CT molecular complexity index is 551. The van der Waals surface area contributed by atoms with Gasteiger partial charge in [0.15, 0.2) is 17.5 Å². The van der Waals surface area contributed by atoms with Crippen LogP contribution >= 0.6 is 0 Å². The second kappa shape index (κ2) is 10.7. The maximum Gasteiger partial charge on any atom is 0.411 e. The molecule has 2 N–H and O–H groups in total. The number of hydrogen-bond acceptors (Lipinski definition) is 4. The van der Waals surface area contributed by atoms with Crippen LogP contribution in [0.3, 0.4) is 0 Å². The molecule has 0 spiro atoms. The smallest absolute Gasteiger partial charge is 0.411 e. The largest absolute Gasteiger partial charge is 0.493 e. The molecule has 0 fully saturated rings. The average molecular weight is 363 g/mol. The predicted molar refractivity (Wildman–Crippen MR) is 89.2 cm³/mol. The van der Waals surface area contributed by atoms with E-state index < -0.39 is 12.8 Å². The topological polar surface area (TPSA) is 64.1 Å². The fourth-order valence-electron chi connectivity index (χ4n) is 1.97. The summed E-state index contributed by atoms with van der Waals surface area (Å²) in [6.07, 6.45) is -3.85. The number of guanidine groups is 1. The van der Waals surface area contributed by atoms with Crippen LogP contribution < -0.4 is 20.1 Å². The number of ether oxygens (including phenoxy) is 3.